The Labute approximate surface area is 131 Å². The first-order valence-electron chi connectivity index (χ1n) is 8.82. The van der Waals surface area contributed by atoms with E-state index in [-0.39, 0.29) is 0 Å². The van der Waals surface area contributed by atoms with E-state index in [9.17, 15) is 0 Å². The first-order valence-corrected chi connectivity index (χ1v) is 8.82. The van der Waals surface area contributed by atoms with Gasteiger partial charge in [0.15, 0.2) is 0 Å². The molecule has 1 aromatic carbocycles. The predicted octanol–water partition coefficient (Wildman–Crippen LogP) is 6.22. The molecule has 0 aromatic heterocycles. The van der Waals surface area contributed by atoms with Gasteiger partial charge in [-0.1, -0.05) is 89.0 Å². The average Bonchev–Trinajstić information content (AvgIpc) is 2.51. The molecule has 0 unspecified atom stereocenters. The smallest absolute Gasteiger partial charge is 0.0669 e. The van der Waals surface area contributed by atoms with E-state index in [0.29, 0.717) is 6.42 Å². The lowest BCUT2D eigenvalue weighted by molar-refractivity contribution is 0.556. The van der Waals surface area contributed by atoms with E-state index >= 15 is 0 Å². The molecule has 21 heavy (non-hydrogen) atoms. The number of benzene rings is 1. The molecule has 0 saturated heterocycles. The van der Waals surface area contributed by atoms with Crippen LogP contribution in [0.1, 0.15) is 82.3 Å². The number of hydrogen-bond donors (Lipinski definition) is 0. The summed E-state index contributed by atoms with van der Waals surface area (Å²) >= 11 is 0. The highest BCUT2D eigenvalue weighted by molar-refractivity contribution is 5.29. The molecule has 0 aliphatic carbocycles. The molecule has 0 radical (unpaired) electrons. The summed E-state index contributed by atoms with van der Waals surface area (Å²) in [6, 6.07) is 10.7. The third kappa shape index (κ3) is 8.56. The van der Waals surface area contributed by atoms with Crippen LogP contribution in [-0.4, -0.2) is 0 Å². The first-order chi connectivity index (χ1) is 10.4. The van der Waals surface area contributed by atoms with Gasteiger partial charge >= 0.3 is 0 Å². The van der Waals surface area contributed by atoms with Gasteiger partial charge in [0.2, 0.25) is 0 Å². The third-order valence-corrected chi connectivity index (χ3v) is 4.19. The van der Waals surface area contributed by atoms with Gasteiger partial charge in [-0.25, -0.2) is 0 Å². The van der Waals surface area contributed by atoms with Crippen molar-refractivity contribution in [2.24, 2.45) is 0 Å². The molecule has 1 aromatic rings. The standard InChI is InChI=1S/C20H31N/c1-2-3-4-5-6-7-8-9-10-11-14-19-15-12-13-16-20(19)17-18-21/h12-13,15-16H,2-11,14,17H2,1H3. The Balaban J connectivity index is 2.03. The predicted molar refractivity (Wildman–Crippen MR) is 91.3 cm³/mol. The molecule has 0 atom stereocenters. The van der Waals surface area contributed by atoms with Crippen molar-refractivity contribution in [3.8, 4) is 6.07 Å². The maximum absolute atomic E-state index is 8.84. The monoisotopic (exact) mass is 285 g/mol. The van der Waals surface area contributed by atoms with Crippen LogP contribution in [0.25, 0.3) is 0 Å². The molecule has 0 amide bonds. The summed E-state index contributed by atoms with van der Waals surface area (Å²) < 4.78 is 0. The highest BCUT2D eigenvalue weighted by atomic mass is 14.2. The van der Waals surface area contributed by atoms with Gasteiger partial charge in [0.1, 0.15) is 0 Å². The summed E-state index contributed by atoms with van der Waals surface area (Å²) in [6.45, 7) is 2.27. The van der Waals surface area contributed by atoms with Crippen molar-refractivity contribution < 1.29 is 0 Å². The van der Waals surface area contributed by atoms with Gasteiger partial charge in [0.05, 0.1) is 12.5 Å². The van der Waals surface area contributed by atoms with Gasteiger partial charge in [-0.15, -0.1) is 0 Å². The van der Waals surface area contributed by atoms with E-state index in [1.54, 1.807) is 0 Å². The summed E-state index contributed by atoms with van der Waals surface area (Å²) in [5, 5.41) is 8.84. The van der Waals surface area contributed by atoms with E-state index in [0.717, 1.165) is 6.42 Å². The lowest BCUT2D eigenvalue weighted by Crippen LogP contribution is -1.93. The van der Waals surface area contributed by atoms with Gasteiger partial charge in [-0.2, -0.15) is 5.26 Å². The van der Waals surface area contributed by atoms with Gasteiger partial charge in [0, 0.05) is 0 Å². The molecule has 0 fully saturated rings. The topological polar surface area (TPSA) is 23.8 Å². The summed E-state index contributed by atoms with van der Waals surface area (Å²) in [6.07, 6.45) is 15.5. The fourth-order valence-corrected chi connectivity index (χ4v) is 2.86. The van der Waals surface area contributed by atoms with Crippen molar-refractivity contribution in [2.45, 2.75) is 84.0 Å². The lowest BCUT2D eigenvalue weighted by atomic mass is 9.99. The summed E-state index contributed by atoms with van der Waals surface area (Å²) in [4.78, 5) is 0. The molecular weight excluding hydrogens is 254 g/mol. The van der Waals surface area contributed by atoms with E-state index in [4.69, 9.17) is 5.26 Å². The van der Waals surface area contributed by atoms with Crippen molar-refractivity contribution in [1.29, 1.82) is 5.26 Å². The molecule has 0 heterocycles. The summed E-state index contributed by atoms with van der Waals surface area (Å²) in [7, 11) is 0. The number of rotatable bonds is 12. The molecule has 0 spiro atoms. The minimum Gasteiger partial charge on any atom is -0.198 e. The Hall–Kier alpha value is -1.29. The zero-order valence-electron chi connectivity index (χ0n) is 13.7. The number of nitriles is 1. The van der Waals surface area contributed by atoms with Crippen LogP contribution < -0.4 is 0 Å². The minimum absolute atomic E-state index is 0.550. The van der Waals surface area contributed by atoms with Crippen molar-refractivity contribution >= 4 is 0 Å². The quantitative estimate of drug-likeness (QED) is 0.418. The van der Waals surface area contributed by atoms with E-state index < -0.39 is 0 Å². The highest BCUT2D eigenvalue weighted by Crippen LogP contribution is 2.15. The van der Waals surface area contributed by atoms with E-state index in [1.165, 1.54) is 75.3 Å². The van der Waals surface area contributed by atoms with E-state index in [1.807, 2.05) is 6.07 Å². The number of unbranched alkanes of at least 4 members (excludes halogenated alkanes) is 9. The van der Waals surface area contributed by atoms with Crippen LogP contribution in [0.15, 0.2) is 24.3 Å². The molecule has 0 aliphatic rings. The third-order valence-electron chi connectivity index (χ3n) is 4.19. The highest BCUT2D eigenvalue weighted by Gasteiger charge is 2.01. The van der Waals surface area contributed by atoms with Crippen LogP contribution >= 0.6 is 0 Å². The lowest BCUT2D eigenvalue weighted by Gasteiger charge is -2.06. The summed E-state index contributed by atoms with van der Waals surface area (Å²) in [5.74, 6) is 0. The minimum atomic E-state index is 0.550. The zero-order valence-corrected chi connectivity index (χ0v) is 13.7. The Kier molecular flexibility index (Phi) is 10.5. The SMILES string of the molecule is CCCCCCCCCCCCc1ccccc1CC#N. The average molecular weight is 285 g/mol. The molecule has 1 nitrogen and oxygen atoms in total. The molecule has 0 bridgehead atoms. The molecule has 0 N–H and O–H groups in total. The van der Waals surface area contributed by atoms with Crippen molar-refractivity contribution in [2.75, 3.05) is 0 Å². The fraction of sp³-hybridized carbons (Fsp3) is 0.650. The zero-order chi connectivity index (χ0) is 15.2. The molecule has 0 saturated carbocycles. The Morgan fingerprint density at radius 1 is 0.762 bits per heavy atom. The second kappa shape index (κ2) is 12.5. The van der Waals surface area contributed by atoms with Crippen molar-refractivity contribution in [1.82, 2.24) is 0 Å². The van der Waals surface area contributed by atoms with Crippen LogP contribution in [0.2, 0.25) is 0 Å². The summed E-state index contributed by atoms with van der Waals surface area (Å²) in [5.41, 5.74) is 2.59. The van der Waals surface area contributed by atoms with Crippen LogP contribution in [0.4, 0.5) is 0 Å². The van der Waals surface area contributed by atoms with Crippen LogP contribution in [0.3, 0.4) is 0 Å². The van der Waals surface area contributed by atoms with Crippen LogP contribution in [0, 0.1) is 11.3 Å². The van der Waals surface area contributed by atoms with Crippen LogP contribution in [0.5, 0.6) is 0 Å². The molecule has 1 heteroatoms. The Morgan fingerprint density at radius 2 is 1.29 bits per heavy atom. The molecule has 1 rings (SSSR count). The van der Waals surface area contributed by atoms with Gasteiger partial charge in [0.25, 0.3) is 0 Å². The largest absolute Gasteiger partial charge is 0.198 e. The van der Waals surface area contributed by atoms with Crippen LogP contribution in [-0.2, 0) is 12.8 Å². The first kappa shape index (κ1) is 17.8. The molecule has 116 valence electrons. The normalized spacial score (nSPS) is 10.5. The maximum Gasteiger partial charge on any atom is 0.0669 e. The van der Waals surface area contributed by atoms with Crippen molar-refractivity contribution in [3.05, 3.63) is 35.4 Å². The number of nitrogens with zero attached hydrogens (tertiary/aromatic N) is 1. The maximum atomic E-state index is 8.84. The number of hydrogen-bond acceptors (Lipinski definition) is 1. The fourth-order valence-electron chi connectivity index (χ4n) is 2.86. The molecular formula is C20H31N. The molecule has 0 aliphatic heterocycles. The van der Waals surface area contributed by atoms with E-state index in [2.05, 4.69) is 31.2 Å². The van der Waals surface area contributed by atoms with Crippen molar-refractivity contribution in [3.63, 3.8) is 0 Å². The van der Waals surface area contributed by atoms with Gasteiger partial charge in [-0.05, 0) is 24.0 Å². The van der Waals surface area contributed by atoms with Gasteiger partial charge in [-0.3, -0.25) is 0 Å². The second-order valence-electron chi connectivity index (χ2n) is 6.04. The Morgan fingerprint density at radius 3 is 1.86 bits per heavy atom. The number of aryl methyl sites for hydroxylation is 1. The second-order valence-corrected chi connectivity index (χ2v) is 6.04. The Bertz CT molecular complexity index is 403. The van der Waals surface area contributed by atoms with Gasteiger partial charge < -0.3 is 0 Å².